The minimum atomic E-state index is -0.780. The van der Waals surface area contributed by atoms with Crippen LogP contribution in [0, 0.1) is 25.7 Å². The zero-order valence-corrected chi connectivity index (χ0v) is 18.3. The van der Waals surface area contributed by atoms with Crippen LogP contribution in [0.2, 0.25) is 5.02 Å². The number of hydrogen-bond acceptors (Lipinski definition) is 4. The normalized spacial score (nSPS) is 13.6. The van der Waals surface area contributed by atoms with Crippen LogP contribution in [-0.2, 0) is 9.59 Å². The van der Waals surface area contributed by atoms with E-state index in [1.165, 1.54) is 11.3 Å². The summed E-state index contributed by atoms with van der Waals surface area (Å²) >= 11 is 7.58. The standard InChI is InChI=1S/C22H28ClNO2S/c1-6-7-16(10-13(2)3)21(26)19(12-25)20-15(5)27-22(24-20)18-9-8-17(23)11-14(18)4/h8-9,11-13,16,19H,6-7,10H2,1-5H3/t16-,19?/m0/s1. The van der Waals surface area contributed by atoms with Gasteiger partial charge in [0, 0.05) is 21.4 Å². The Balaban J connectivity index is 2.38. The molecule has 1 unspecified atom stereocenters. The fraction of sp³-hybridized carbons (Fsp3) is 0.500. The number of aryl methyl sites for hydroxylation is 2. The van der Waals surface area contributed by atoms with Crippen molar-refractivity contribution in [3.05, 3.63) is 39.4 Å². The maximum atomic E-state index is 13.1. The Labute approximate surface area is 171 Å². The Bertz CT molecular complexity index is 813. The summed E-state index contributed by atoms with van der Waals surface area (Å²) in [7, 11) is 0. The molecule has 1 aromatic heterocycles. The molecular weight excluding hydrogens is 378 g/mol. The van der Waals surface area contributed by atoms with E-state index >= 15 is 0 Å². The Morgan fingerprint density at radius 3 is 2.56 bits per heavy atom. The first kappa shape index (κ1) is 21.8. The fourth-order valence-corrected chi connectivity index (χ4v) is 4.77. The molecule has 0 aliphatic rings. The number of carbonyl (C=O) groups excluding carboxylic acids is 2. The van der Waals surface area contributed by atoms with E-state index in [1.54, 1.807) is 0 Å². The second-order valence-electron chi connectivity index (χ2n) is 7.55. The zero-order chi connectivity index (χ0) is 20.1. The fourth-order valence-electron chi connectivity index (χ4n) is 3.49. The van der Waals surface area contributed by atoms with Gasteiger partial charge in [-0.25, -0.2) is 4.98 Å². The minimum absolute atomic E-state index is 0.00771. The lowest BCUT2D eigenvalue weighted by Gasteiger charge is -2.20. The van der Waals surface area contributed by atoms with Gasteiger partial charge in [-0.1, -0.05) is 44.9 Å². The average Bonchev–Trinajstić information content (AvgIpc) is 2.96. The smallest absolute Gasteiger partial charge is 0.152 e. The summed E-state index contributed by atoms with van der Waals surface area (Å²) in [6.45, 7) is 10.2. The van der Waals surface area contributed by atoms with Crippen molar-refractivity contribution < 1.29 is 9.59 Å². The molecule has 2 rings (SSSR count). The van der Waals surface area contributed by atoms with Crippen molar-refractivity contribution in [1.82, 2.24) is 4.98 Å². The van der Waals surface area contributed by atoms with E-state index in [1.807, 2.05) is 32.0 Å². The molecule has 0 amide bonds. The lowest BCUT2D eigenvalue weighted by molar-refractivity contribution is -0.128. The molecule has 0 fully saturated rings. The number of benzene rings is 1. The maximum Gasteiger partial charge on any atom is 0.152 e. The highest BCUT2D eigenvalue weighted by molar-refractivity contribution is 7.15. The molecule has 1 heterocycles. The van der Waals surface area contributed by atoms with Gasteiger partial charge in [0.15, 0.2) is 5.78 Å². The van der Waals surface area contributed by atoms with Crippen LogP contribution in [0.4, 0.5) is 0 Å². The van der Waals surface area contributed by atoms with E-state index in [2.05, 4.69) is 20.8 Å². The molecular formula is C22H28ClNO2S. The van der Waals surface area contributed by atoms with E-state index in [9.17, 15) is 9.59 Å². The Morgan fingerprint density at radius 1 is 1.30 bits per heavy atom. The molecule has 0 saturated carbocycles. The summed E-state index contributed by atoms with van der Waals surface area (Å²) in [4.78, 5) is 30.6. The Kier molecular flexibility index (Phi) is 7.75. The molecule has 0 bridgehead atoms. The zero-order valence-electron chi connectivity index (χ0n) is 16.7. The summed E-state index contributed by atoms with van der Waals surface area (Å²) in [5.41, 5.74) is 2.62. The predicted octanol–water partition coefficient (Wildman–Crippen LogP) is 6.39. The van der Waals surface area contributed by atoms with Crippen LogP contribution in [-0.4, -0.2) is 17.1 Å². The number of carbonyl (C=O) groups is 2. The van der Waals surface area contributed by atoms with Crippen LogP contribution in [0.3, 0.4) is 0 Å². The van der Waals surface area contributed by atoms with Gasteiger partial charge in [0.1, 0.15) is 17.2 Å². The van der Waals surface area contributed by atoms with Gasteiger partial charge in [0.25, 0.3) is 0 Å². The minimum Gasteiger partial charge on any atom is -0.302 e. The van der Waals surface area contributed by atoms with Gasteiger partial charge < -0.3 is 4.79 Å². The first-order valence-electron chi connectivity index (χ1n) is 9.51. The second kappa shape index (κ2) is 9.61. The number of ketones is 1. The average molecular weight is 406 g/mol. The largest absolute Gasteiger partial charge is 0.302 e. The van der Waals surface area contributed by atoms with Crippen LogP contribution in [0.25, 0.3) is 10.6 Å². The highest BCUT2D eigenvalue weighted by Gasteiger charge is 2.31. The van der Waals surface area contributed by atoms with E-state index in [0.29, 0.717) is 16.6 Å². The van der Waals surface area contributed by atoms with Crippen molar-refractivity contribution >= 4 is 35.0 Å². The molecule has 0 saturated heterocycles. The monoisotopic (exact) mass is 405 g/mol. The van der Waals surface area contributed by atoms with Gasteiger partial charge in [-0.05, 0) is 50.3 Å². The second-order valence-corrected chi connectivity index (χ2v) is 9.19. The molecule has 2 aromatic rings. The molecule has 3 nitrogen and oxygen atoms in total. The molecule has 5 heteroatoms. The summed E-state index contributed by atoms with van der Waals surface area (Å²) in [5.74, 6) is -0.445. The Morgan fingerprint density at radius 2 is 2.00 bits per heavy atom. The summed E-state index contributed by atoms with van der Waals surface area (Å²) in [5, 5.41) is 1.51. The SMILES string of the molecule is CCC[C@@H](CC(C)C)C(=O)C(C=O)c1nc(-c2ccc(Cl)cc2C)sc1C. The van der Waals surface area contributed by atoms with E-state index in [-0.39, 0.29) is 11.7 Å². The molecule has 0 aliphatic heterocycles. The first-order valence-corrected chi connectivity index (χ1v) is 10.7. The number of rotatable bonds is 9. The topological polar surface area (TPSA) is 47.0 Å². The van der Waals surface area contributed by atoms with Gasteiger partial charge >= 0.3 is 0 Å². The lowest BCUT2D eigenvalue weighted by atomic mass is 9.83. The highest BCUT2D eigenvalue weighted by Crippen LogP contribution is 2.35. The van der Waals surface area contributed by atoms with Crippen molar-refractivity contribution in [3.63, 3.8) is 0 Å². The van der Waals surface area contributed by atoms with Crippen molar-refractivity contribution in [2.75, 3.05) is 0 Å². The quantitative estimate of drug-likeness (QED) is 0.358. The molecule has 0 aliphatic carbocycles. The number of aromatic nitrogens is 1. The third-order valence-corrected chi connectivity index (χ3v) is 6.04. The lowest BCUT2D eigenvalue weighted by Crippen LogP contribution is -2.25. The van der Waals surface area contributed by atoms with Crippen molar-refractivity contribution in [2.45, 2.75) is 59.8 Å². The molecule has 27 heavy (non-hydrogen) atoms. The number of nitrogens with zero attached hydrogens (tertiary/aromatic N) is 1. The van der Waals surface area contributed by atoms with E-state index in [4.69, 9.17) is 16.6 Å². The van der Waals surface area contributed by atoms with Crippen LogP contribution >= 0.6 is 22.9 Å². The summed E-state index contributed by atoms with van der Waals surface area (Å²) < 4.78 is 0. The van der Waals surface area contributed by atoms with Gasteiger partial charge in [0.05, 0.1) is 5.69 Å². The van der Waals surface area contributed by atoms with Crippen molar-refractivity contribution in [3.8, 4) is 10.6 Å². The first-order chi connectivity index (χ1) is 12.8. The number of thiazole rings is 1. The van der Waals surface area contributed by atoms with Gasteiger partial charge in [-0.3, -0.25) is 4.79 Å². The third kappa shape index (κ3) is 5.26. The Hall–Kier alpha value is -1.52. The van der Waals surface area contributed by atoms with Crippen LogP contribution < -0.4 is 0 Å². The van der Waals surface area contributed by atoms with E-state index in [0.717, 1.165) is 46.6 Å². The van der Waals surface area contributed by atoms with Crippen molar-refractivity contribution in [1.29, 1.82) is 0 Å². The molecule has 0 N–H and O–H groups in total. The van der Waals surface area contributed by atoms with Gasteiger partial charge in [-0.15, -0.1) is 11.3 Å². The highest BCUT2D eigenvalue weighted by atomic mass is 35.5. The van der Waals surface area contributed by atoms with Crippen molar-refractivity contribution in [2.24, 2.45) is 11.8 Å². The number of hydrogen-bond donors (Lipinski definition) is 0. The van der Waals surface area contributed by atoms with Crippen LogP contribution in [0.1, 0.15) is 62.1 Å². The van der Waals surface area contributed by atoms with Gasteiger partial charge in [-0.2, -0.15) is 0 Å². The molecule has 1 aromatic carbocycles. The maximum absolute atomic E-state index is 13.1. The molecule has 0 radical (unpaired) electrons. The third-order valence-electron chi connectivity index (χ3n) is 4.78. The molecule has 146 valence electrons. The van der Waals surface area contributed by atoms with E-state index < -0.39 is 5.92 Å². The van der Waals surface area contributed by atoms with Crippen LogP contribution in [0.15, 0.2) is 18.2 Å². The summed E-state index contributed by atoms with van der Waals surface area (Å²) in [6.07, 6.45) is 3.32. The number of Topliss-reactive ketones (excluding diaryl/α,β-unsaturated/α-hetero) is 1. The summed E-state index contributed by atoms with van der Waals surface area (Å²) in [6, 6.07) is 5.67. The number of aldehydes is 1. The predicted molar refractivity (Wildman–Crippen MR) is 114 cm³/mol. The number of halogens is 1. The molecule has 0 spiro atoms. The van der Waals surface area contributed by atoms with Crippen LogP contribution in [0.5, 0.6) is 0 Å². The van der Waals surface area contributed by atoms with Gasteiger partial charge in [0.2, 0.25) is 0 Å². The molecule has 2 atom stereocenters.